The number of ether oxygens (including phenoxy) is 1. The third-order valence-corrected chi connectivity index (χ3v) is 1.64. The average Bonchev–Trinajstić information content (AvgIpc) is 2.19. The number of hydrogen-bond acceptors (Lipinski definition) is 3. The van der Waals surface area contributed by atoms with Crippen LogP contribution < -0.4 is 15.5 Å². The SMILES string of the molecule is COc1ccc(NC(=S)NO)cc1. The summed E-state index contributed by atoms with van der Waals surface area (Å²) in [5.74, 6) is 0.772. The van der Waals surface area contributed by atoms with Gasteiger partial charge in [-0.3, -0.25) is 5.21 Å². The van der Waals surface area contributed by atoms with Gasteiger partial charge in [-0.25, -0.2) is 5.48 Å². The van der Waals surface area contributed by atoms with Crippen LogP contribution in [0.15, 0.2) is 24.3 Å². The Bertz CT molecular complexity index is 287. The van der Waals surface area contributed by atoms with Gasteiger partial charge in [-0.15, -0.1) is 0 Å². The van der Waals surface area contributed by atoms with Crippen LogP contribution in [0.25, 0.3) is 0 Å². The summed E-state index contributed by atoms with van der Waals surface area (Å²) in [6.45, 7) is 0. The first-order valence-corrected chi connectivity index (χ1v) is 4.02. The van der Waals surface area contributed by atoms with Crippen molar-refractivity contribution in [3.05, 3.63) is 24.3 Å². The average molecular weight is 198 g/mol. The van der Waals surface area contributed by atoms with Gasteiger partial charge in [0.2, 0.25) is 0 Å². The van der Waals surface area contributed by atoms with Gasteiger partial charge in [-0.2, -0.15) is 0 Å². The maximum absolute atomic E-state index is 8.42. The first-order chi connectivity index (χ1) is 6.26. The zero-order chi connectivity index (χ0) is 9.68. The molecular formula is C8H10N2O2S. The Morgan fingerprint density at radius 3 is 2.46 bits per heavy atom. The summed E-state index contributed by atoms with van der Waals surface area (Å²) in [5, 5.41) is 11.3. The van der Waals surface area contributed by atoms with Crippen molar-refractivity contribution in [2.24, 2.45) is 0 Å². The molecule has 0 aliphatic carbocycles. The molecule has 0 radical (unpaired) electrons. The van der Waals surface area contributed by atoms with Gasteiger partial charge in [0.25, 0.3) is 0 Å². The number of hydrogen-bond donors (Lipinski definition) is 3. The fourth-order valence-electron chi connectivity index (χ4n) is 0.833. The number of thiocarbonyl (C=S) groups is 1. The lowest BCUT2D eigenvalue weighted by Gasteiger charge is -2.06. The summed E-state index contributed by atoms with van der Waals surface area (Å²) in [7, 11) is 1.60. The van der Waals surface area contributed by atoms with Crippen LogP contribution in [0.2, 0.25) is 0 Å². The smallest absolute Gasteiger partial charge is 0.194 e. The predicted octanol–water partition coefficient (Wildman–Crippen LogP) is 1.37. The van der Waals surface area contributed by atoms with E-state index >= 15 is 0 Å². The van der Waals surface area contributed by atoms with Gasteiger partial charge in [-0.05, 0) is 36.5 Å². The van der Waals surface area contributed by atoms with Crippen LogP contribution >= 0.6 is 12.2 Å². The molecule has 0 heterocycles. The highest BCUT2D eigenvalue weighted by Gasteiger charge is 1.95. The molecule has 0 aromatic heterocycles. The van der Waals surface area contributed by atoms with Crippen molar-refractivity contribution in [2.75, 3.05) is 12.4 Å². The highest BCUT2D eigenvalue weighted by Crippen LogP contribution is 2.14. The molecule has 0 unspecified atom stereocenters. The van der Waals surface area contributed by atoms with Crippen LogP contribution in [0.1, 0.15) is 0 Å². The summed E-state index contributed by atoms with van der Waals surface area (Å²) in [6, 6.07) is 7.18. The van der Waals surface area contributed by atoms with Crippen molar-refractivity contribution >= 4 is 23.0 Å². The second-order valence-electron chi connectivity index (χ2n) is 2.29. The molecule has 70 valence electrons. The molecule has 0 fully saturated rings. The molecule has 4 nitrogen and oxygen atoms in total. The second-order valence-corrected chi connectivity index (χ2v) is 2.70. The van der Waals surface area contributed by atoms with Gasteiger partial charge in [0.1, 0.15) is 5.75 Å². The quantitative estimate of drug-likeness (QED) is 0.495. The maximum atomic E-state index is 8.42. The minimum absolute atomic E-state index is 0.158. The van der Waals surface area contributed by atoms with Crippen molar-refractivity contribution < 1.29 is 9.94 Å². The molecular weight excluding hydrogens is 188 g/mol. The highest BCUT2D eigenvalue weighted by molar-refractivity contribution is 7.80. The topological polar surface area (TPSA) is 53.5 Å². The molecule has 3 N–H and O–H groups in total. The second kappa shape index (κ2) is 4.64. The van der Waals surface area contributed by atoms with E-state index in [0.717, 1.165) is 11.4 Å². The van der Waals surface area contributed by atoms with Gasteiger partial charge in [0.05, 0.1) is 7.11 Å². The van der Waals surface area contributed by atoms with Crippen LogP contribution in [0.4, 0.5) is 5.69 Å². The number of benzene rings is 1. The molecule has 0 saturated carbocycles. The standard InChI is InChI=1S/C8H10N2O2S/c1-12-7-4-2-6(3-5-7)9-8(13)10-11/h2-5,11H,1H3,(H2,9,10,13). The van der Waals surface area contributed by atoms with E-state index in [1.807, 2.05) is 5.48 Å². The molecule has 0 amide bonds. The largest absolute Gasteiger partial charge is 0.497 e. The van der Waals surface area contributed by atoms with E-state index in [0.29, 0.717) is 0 Å². The van der Waals surface area contributed by atoms with Crippen molar-refractivity contribution in [3.8, 4) is 5.75 Å². The van der Waals surface area contributed by atoms with Crippen LogP contribution in [0.3, 0.4) is 0 Å². The Hall–Kier alpha value is -1.33. The van der Waals surface area contributed by atoms with E-state index < -0.39 is 0 Å². The van der Waals surface area contributed by atoms with E-state index in [4.69, 9.17) is 22.2 Å². The Morgan fingerprint density at radius 1 is 1.38 bits per heavy atom. The van der Waals surface area contributed by atoms with E-state index in [-0.39, 0.29) is 5.11 Å². The first-order valence-electron chi connectivity index (χ1n) is 3.61. The fourth-order valence-corrected chi connectivity index (χ4v) is 0.951. The van der Waals surface area contributed by atoms with Gasteiger partial charge < -0.3 is 10.1 Å². The number of hydroxylamine groups is 1. The Morgan fingerprint density at radius 2 is 2.00 bits per heavy atom. The molecule has 0 bridgehead atoms. The lowest BCUT2D eigenvalue weighted by molar-refractivity contribution is 0.237. The summed E-state index contributed by atoms with van der Waals surface area (Å²) in [4.78, 5) is 0. The zero-order valence-electron chi connectivity index (χ0n) is 7.07. The fraction of sp³-hybridized carbons (Fsp3) is 0.125. The van der Waals surface area contributed by atoms with Crippen LogP contribution in [0.5, 0.6) is 5.75 Å². The molecule has 0 saturated heterocycles. The number of methoxy groups -OCH3 is 1. The van der Waals surface area contributed by atoms with Crippen LogP contribution in [-0.4, -0.2) is 17.4 Å². The van der Waals surface area contributed by atoms with Crippen molar-refractivity contribution in [1.29, 1.82) is 0 Å². The van der Waals surface area contributed by atoms with E-state index in [2.05, 4.69) is 5.32 Å². The van der Waals surface area contributed by atoms with E-state index in [1.165, 1.54) is 0 Å². The Kier molecular flexibility index (Phi) is 3.48. The number of anilines is 1. The Labute approximate surface area is 81.5 Å². The third-order valence-electron chi connectivity index (χ3n) is 1.45. The summed E-state index contributed by atoms with van der Waals surface area (Å²) in [5.41, 5.74) is 2.62. The molecule has 13 heavy (non-hydrogen) atoms. The van der Waals surface area contributed by atoms with Gasteiger partial charge in [0.15, 0.2) is 5.11 Å². The number of rotatable bonds is 2. The summed E-state index contributed by atoms with van der Waals surface area (Å²) in [6.07, 6.45) is 0. The number of nitrogens with one attached hydrogen (secondary N) is 2. The zero-order valence-corrected chi connectivity index (χ0v) is 7.89. The highest BCUT2D eigenvalue weighted by atomic mass is 32.1. The van der Waals surface area contributed by atoms with Gasteiger partial charge in [0, 0.05) is 5.69 Å². The minimum atomic E-state index is 0.158. The molecule has 1 rings (SSSR count). The summed E-state index contributed by atoms with van der Waals surface area (Å²) < 4.78 is 4.97. The first kappa shape index (κ1) is 9.76. The van der Waals surface area contributed by atoms with Crippen molar-refractivity contribution in [2.45, 2.75) is 0 Å². The molecule has 5 heteroatoms. The third kappa shape index (κ3) is 2.89. The van der Waals surface area contributed by atoms with Gasteiger partial charge in [-0.1, -0.05) is 0 Å². The van der Waals surface area contributed by atoms with Crippen LogP contribution in [0, 0.1) is 0 Å². The maximum Gasteiger partial charge on any atom is 0.194 e. The van der Waals surface area contributed by atoms with E-state index in [1.54, 1.807) is 31.4 Å². The minimum Gasteiger partial charge on any atom is -0.497 e. The molecule has 1 aromatic rings. The summed E-state index contributed by atoms with van der Waals surface area (Å²) >= 11 is 4.70. The van der Waals surface area contributed by atoms with Crippen molar-refractivity contribution in [1.82, 2.24) is 5.48 Å². The van der Waals surface area contributed by atoms with Crippen molar-refractivity contribution in [3.63, 3.8) is 0 Å². The normalized spacial score (nSPS) is 9.08. The lowest BCUT2D eigenvalue weighted by atomic mass is 10.3. The molecule has 0 atom stereocenters. The predicted molar refractivity (Wildman–Crippen MR) is 54.1 cm³/mol. The molecule has 0 aliphatic heterocycles. The Balaban J connectivity index is 2.64. The molecule has 1 aromatic carbocycles. The molecule has 0 aliphatic rings. The van der Waals surface area contributed by atoms with E-state index in [9.17, 15) is 0 Å². The monoisotopic (exact) mass is 198 g/mol. The molecule has 0 spiro atoms. The lowest BCUT2D eigenvalue weighted by Crippen LogP contribution is -2.24. The van der Waals surface area contributed by atoms with Gasteiger partial charge >= 0.3 is 0 Å². The van der Waals surface area contributed by atoms with Crippen LogP contribution in [-0.2, 0) is 0 Å².